The van der Waals surface area contributed by atoms with E-state index in [1.807, 2.05) is 0 Å². The number of benzene rings is 1. The van der Waals surface area contributed by atoms with Gasteiger partial charge in [0.2, 0.25) is 5.95 Å². The summed E-state index contributed by atoms with van der Waals surface area (Å²) in [5, 5.41) is 8.81. The fourth-order valence-electron chi connectivity index (χ4n) is 3.25. The van der Waals surface area contributed by atoms with Gasteiger partial charge in [-0.2, -0.15) is 0 Å². The Hall–Kier alpha value is -1.96. The van der Waals surface area contributed by atoms with Crippen LogP contribution in [0.5, 0.6) is 0 Å². The fourth-order valence-corrected chi connectivity index (χ4v) is 4.24. The topological polar surface area (TPSA) is 51.0 Å². The minimum absolute atomic E-state index is 0.0938. The molecule has 26 heavy (non-hydrogen) atoms. The van der Waals surface area contributed by atoms with Crippen molar-refractivity contribution in [3.05, 3.63) is 35.4 Å². The van der Waals surface area contributed by atoms with Crippen LogP contribution in [0, 0.1) is 11.6 Å². The number of nitrogens with zero attached hydrogens (tertiary/aromatic N) is 4. The molecule has 2 fully saturated rings. The Bertz CT molecular complexity index is 831. The minimum Gasteiger partial charge on any atom is -0.341 e. The SMILES string of the molecule is CC(Sc1nnc(N2CCCC2)n1C1CC1)C(=O)c1ccc(F)cc1F. The van der Waals surface area contributed by atoms with Crippen molar-refractivity contribution < 1.29 is 13.6 Å². The number of Topliss-reactive ketones (excluding diaryl/α,β-unsaturated/α-hetero) is 1. The number of anilines is 1. The number of rotatable bonds is 6. The monoisotopic (exact) mass is 378 g/mol. The Morgan fingerprint density at radius 2 is 1.96 bits per heavy atom. The standard InChI is InChI=1S/C18H20F2N4OS/c1-11(16(25)14-7-4-12(19)10-15(14)20)26-18-22-21-17(23-8-2-3-9-23)24(18)13-5-6-13/h4,7,10-11,13H,2-3,5-6,8-9H2,1H3. The number of halogens is 2. The van der Waals surface area contributed by atoms with Gasteiger partial charge in [0.25, 0.3) is 0 Å². The van der Waals surface area contributed by atoms with Gasteiger partial charge in [-0.3, -0.25) is 9.36 Å². The van der Waals surface area contributed by atoms with Gasteiger partial charge in [0.1, 0.15) is 11.6 Å². The molecule has 1 unspecified atom stereocenters. The molecular formula is C18H20F2N4OS. The predicted octanol–water partition coefficient (Wildman–Crippen LogP) is 3.85. The Balaban J connectivity index is 1.55. The molecule has 138 valence electrons. The van der Waals surface area contributed by atoms with Crippen molar-refractivity contribution in [2.24, 2.45) is 0 Å². The summed E-state index contributed by atoms with van der Waals surface area (Å²) in [5.74, 6) is -1.02. The second-order valence-electron chi connectivity index (χ2n) is 6.83. The maximum Gasteiger partial charge on any atom is 0.228 e. The van der Waals surface area contributed by atoms with Crippen LogP contribution < -0.4 is 4.90 Å². The molecule has 1 aromatic carbocycles. The first-order valence-corrected chi connectivity index (χ1v) is 9.78. The lowest BCUT2D eigenvalue weighted by molar-refractivity contribution is 0.0990. The maximum absolute atomic E-state index is 13.9. The summed E-state index contributed by atoms with van der Waals surface area (Å²) >= 11 is 1.29. The summed E-state index contributed by atoms with van der Waals surface area (Å²) in [5.41, 5.74) is -0.0938. The highest BCUT2D eigenvalue weighted by atomic mass is 32.2. The summed E-state index contributed by atoms with van der Waals surface area (Å²) < 4.78 is 29.1. The molecular weight excluding hydrogens is 358 g/mol. The lowest BCUT2D eigenvalue weighted by Crippen LogP contribution is -2.22. The van der Waals surface area contributed by atoms with Crippen molar-refractivity contribution in [2.45, 2.75) is 49.1 Å². The van der Waals surface area contributed by atoms with Gasteiger partial charge in [-0.05, 0) is 44.7 Å². The lowest BCUT2D eigenvalue weighted by Gasteiger charge is -2.18. The average molecular weight is 378 g/mol. The van der Waals surface area contributed by atoms with Crippen LogP contribution in [0.3, 0.4) is 0 Å². The molecule has 0 spiro atoms. The molecule has 8 heteroatoms. The number of thioether (sulfide) groups is 1. The van der Waals surface area contributed by atoms with Crippen LogP contribution >= 0.6 is 11.8 Å². The van der Waals surface area contributed by atoms with E-state index in [4.69, 9.17) is 0 Å². The zero-order valence-electron chi connectivity index (χ0n) is 14.5. The van der Waals surface area contributed by atoms with E-state index >= 15 is 0 Å². The number of hydrogen-bond acceptors (Lipinski definition) is 5. The van der Waals surface area contributed by atoms with E-state index in [1.54, 1.807) is 6.92 Å². The van der Waals surface area contributed by atoms with Gasteiger partial charge in [0.05, 0.1) is 10.8 Å². The number of aromatic nitrogens is 3. The van der Waals surface area contributed by atoms with Gasteiger partial charge in [-0.25, -0.2) is 8.78 Å². The average Bonchev–Trinajstić information content (AvgIpc) is 3.14. The molecule has 2 aromatic rings. The van der Waals surface area contributed by atoms with Gasteiger partial charge in [0, 0.05) is 25.2 Å². The van der Waals surface area contributed by atoms with Gasteiger partial charge in [-0.15, -0.1) is 10.2 Å². The Labute approximate surface area is 154 Å². The maximum atomic E-state index is 13.9. The van der Waals surface area contributed by atoms with E-state index in [-0.39, 0.29) is 11.3 Å². The molecule has 5 nitrogen and oxygen atoms in total. The van der Waals surface area contributed by atoms with Crippen LogP contribution in [0.25, 0.3) is 0 Å². The van der Waals surface area contributed by atoms with Crippen molar-refractivity contribution >= 4 is 23.5 Å². The highest BCUT2D eigenvalue weighted by Crippen LogP contribution is 2.42. The molecule has 2 aliphatic rings. The van der Waals surface area contributed by atoms with Crippen LogP contribution in [0.1, 0.15) is 49.0 Å². The summed E-state index contributed by atoms with van der Waals surface area (Å²) in [6, 6.07) is 3.42. The molecule has 0 bridgehead atoms. The van der Waals surface area contributed by atoms with Crippen molar-refractivity contribution in [3.8, 4) is 0 Å². The first kappa shape index (κ1) is 17.5. The van der Waals surface area contributed by atoms with Crippen LogP contribution in [0.4, 0.5) is 14.7 Å². The van der Waals surface area contributed by atoms with Gasteiger partial charge in [-0.1, -0.05) is 11.8 Å². The second kappa shape index (κ2) is 6.98. The molecule has 1 saturated carbocycles. The predicted molar refractivity (Wildman–Crippen MR) is 95.7 cm³/mol. The third kappa shape index (κ3) is 3.34. The quantitative estimate of drug-likeness (QED) is 0.564. The summed E-state index contributed by atoms with van der Waals surface area (Å²) in [4.78, 5) is 14.8. The molecule has 1 aliphatic heterocycles. The molecule has 1 aliphatic carbocycles. The highest BCUT2D eigenvalue weighted by molar-refractivity contribution is 8.00. The molecule has 0 amide bonds. The van der Waals surface area contributed by atoms with E-state index in [0.717, 1.165) is 56.9 Å². The van der Waals surface area contributed by atoms with Crippen molar-refractivity contribution in [1.82, 2.24) is 14.8 Å². The van der Waals surface area contributed by atoms with Crippen LogP contribution in [0.2, 0.25) is 0 Å². The Morgan fingerprint density at radius 3 is 2.62 bits per heavy atom. The Morgan fingerprint density at radius 1 is 1.23 bits per heavy atom. The lowest BCUT2D eigenvalue weighted by atomic mass is 10.1. The first-order chi connectivity index (χ1) is 12.5. The normalized spacial score (nSPS) is 18.3. The van der Waals surface area contributed by atoms with Crippen LogP contribution in [-0.4, -0.2) is 38.9 Å². The Kier molecular flexibility index (Phi) is 4.69. The van der Waals surface area contributed by atoms with Gasteiger partial charge in [0.15, 0.2) is 10.9 Å². The van der Waals surface area contributed by atoms with Crippen LogP contribution in [0.15, 0.2) is 23.4 Å². The van der Waals surface area contributed by atoms with E-state index in [2.05, 4.69) is 19.7 Å². The van der Waals surface area contributed by atoms with E-state index < -0.39 is 16.9 Å². The summed E-state index contributed by atoms with van der Waals surface area (Å²) in [6.45, 7) is 3.67. The third-order valence-electron chi connectivity index (χ3n) is 4.80. The summed E-state index contributed by atoms with van der Waals surface area (Å²) in [6.07, 6.45) is 4.47. The minimum atomic E-state index is -0.830. The van der Waals surface area contributed by atoms with E-state index in [0.29, 0.717) is 11.2 Å². The molecule has 1 atom stereocenters. The molecule has 1 saturated heterocycles. The summed E-state index contributed by atoms with van der Waals surface area (Å²) in [7, 11) is 0. The molecule has 1 aromatic heterocycles. The smallest absolute Gasteiger partial charge is 0.228 e. The van der Waals surface area contributed by atoms with Gasteiger partial charge >= 0.3 is 0 Å². The zero-order chi connectivity index (χ0) is 18.3. The van der Waals surface area contributed by atoms with Gasteiger partial charge < -0.3 is 4.90 Å². The zero-order valence-corrected chi connectivity index (χ0v) is 15.3. The molecule has 2 heterocycles. The molecule has 0 N–H and O–H groups in total. The fraction of sp³-hybridized carbons (Fsp3) is 0.500. The largest absolute Gasteiger partial charge is 0.341 e. The first-order valence-electron chi connectivity index (χ1n) is 8.90. The number of carbonyl (C=O) groups is 1. The van der Waals surface area contributed by atoms with Crippen molar-refractivity contribution in [3.63, 3.8) is 0 Å². The van der Waals surface area contributed by atoms with E-state index in [1.165, 1.54) is 17.8 Å². The number of hydrogen-bond donors (Lipinski definition) is 0. The number of carbonyl (C=O) groups excluding carboxylic acids is 1. The third-order valence-corrected chi connectivity index (χ3v) is 5.85. The van der Waals surface area contributed by atoms with Crippen molar-refractivity contribution in [1.29, 1.82) is 0 Å². The van der Waals surface area contributed by atoms with Crippen LogP contribution in [-0.2, 0) is 0 Å². The number of ketones is 1. The highest BCUT2D eigenvalue weighted by Gasteiger charge is 2.33. The molecule has 0 radical (unpaired) electrons. The van der Waals surface area contributed by atoms with E-state index in [9.17, 15) is 13.6 Å². The molecule has 4 rings (SSSR count). The second-order valence-corrected chi connectivity index (χ2v) is 8.13. The van der Waals surface area contributed by atoms with Crippen molar-refractivity contribution in [2.75, 3.05) is 18.0 Å².